The quantitative estimate of drug-likeness (QED) is 0.874. The molecule has 0 bridgehead atoms. The van der Waals surface area contributed by atoms with Crippen LogP contribution in [0.2, 0.25) is 0 Å². The Kier molecular flexibility index (Phi) is 3.77. The fourth-order valence-electron chi connectivity index (χ4n) is 2.38. The Bertz CT molecular complexity index is 507. The van der Waals surface area contributed by atoms with Crippen LogP contribution in [0.1, 0.15) is 24.0 Å². The topological polar surface area (TPSA) is 35.2 Å². The van der Waals surface area contributed by atoms with Crippen LogP contribution < -0.4 is 5.73 Å². The van der Waals surface area contributed by atoms with Crippen molar-refractivity contribution >= 4 is 10.8 Å². The van der Waals surface area contributed by atoms with Crippen molar-refractivity contribution in [3.05, 3.63) is 47.5 Å². The van der Waals surface area contributed by atoms with E-state index in [0.717, 1.165) is 6.61 Å². The summed E-state index contributed by atoms with van der Waals surface area (Å²) in [4.78, 5) is 0. The van der Waals surface area contributed by atoms with Crippen LogP contribution in [-0.4, -0.2) is 13.7 Å². The molecule has 0 aliphatic carbocycles. The maximum atomic E-state index is 5.91. The second kappa shape index (κ2) is 5.30. The molecule has 90 valence electrons. The zero-order chi connectivity index (χ0) is 12.3. The highest BCUT2D eigenvalue weighted by Crippen LogP contribution is 2.27. The van der Waals surface area contributed by atoms with Crippen molar-refractivity contribution < 1.29 is 4.74 Å². The molecule has 0 aliphatic rings. The Labute approximate surface area is 102 Å². The van der Waals surface area contributed by atoms with Gasteiger partial charge >= 0.3 is 0 Å². The summed E-state index contributed by atoms with van der Waals surface area (Å²) in [5.41, 5.74) is 8.45. The maximum Gasteiger partial charge on any atom is 0.0528 e. The summed E-state index contributed by atoms with van der Waals surface area (Å²) in [5.74, 6) is 0.378. The summed E-state index contributed by atoms with van der Waals surface area (Å²) >= 11 is 0. The molecule has 2 aromatic carbocycles. The summed E-state index contributed by atoms with van der Waals surface area (Å²) in [6.07, 6.45) is 0. The summed E-state index contributed by atoms with van der Waals surface area (Å²) in [6, 6.07) is 12.7. The van der Waals surface area contributed by atoms with Gasteiger partial charge in [0.15, 0.2) is 0 Å². The minimum Gasteiger partial charge on any atom is -0.384 e. The van der Waals surface area contributed by atoms with E-state index in [0.29, 0.717) is 12.5 Å². The standard InChI is InChI=1S/C15H19NO/c1-11(10-17-2)13-8-7-12-5-3-4-6-14(12)15(13)9-16/h3-8,11H,9-10,16H2,1-2H3. The minimum absolute atomic E-state index is 0.378. The van der Waals surface area contributed by atoms with Gasteiger partial charge in [-0.3, -0.25) is 0 Å². The lowest BCUT2D eigenvalue weighted by atomic mass is 9.92. The van der Waals surface area contributed by atoms with E-state index in [2.05, 4.69) is 43.3 Å². The first-order valence-electron chi connectivity index (χ1n) is 5.97. The Morgan fingerprint density at radius 2 is 1.94 bits per heavy atom. The fourth-order valence-corrected chi connectivity index (χ4v) is 2.38. The third-order valence-corrected chi connectivity index (χ3v) is 3.23. The van der Waals surface area contributed by atoms with E-state index in [4.69, 9.17) is 10.5 Å². The number of ether oxygens (including phenoxy) is 1. The van der Waals surface area contributed by atoms with Gasteiger partial charge in [0.25, 0.3) is 0 Å². The Balaban J connectivity index is 2.56. The van der Waals surface area contributed by atoms with E-state index >= 15 is 0 Å². The monoisotopic (exact) mass is 229 g/mol. The third-order valence-electron chi connectivity index (χ3n) is 3.23. The first-order valence-corrected chi connectivity index (χ1v) is 5.97. The van der Waals surface area contributed by atoms with Crippen LogP contribution in [0, 0.1) is 0 Å². The molecule has 0 saturated heterocycles. The van der Waals surface area contributed by atoms with Crippen LogP contribution in [0.3, 0.4) is 0 Å². The van der Waals surface area contributed by atoms with Crippen molar-refractivity contribution in [2.24, 2.45) is 5.73 Å². The Morgan fingerprint density at radius 3 is 2.65 bits per heavy atom. The number of hydrogen-bond donors (Lipinski definition) is 1. The predicted molar refractivity (Wildman–Crippen MR) is 72.1 cm³/mol. The highest BCUT2D eigenvalue weighted by Gasteiger charge is 2.12. The van der Waals surface area contributed by atoms with Crippen molar-refractivity contribution in [3.8, 4) is 0 Å². The molecule has 0 heterocycles. The maximum absolute atomic E-state index is 5.91. The van der Waals surface area contributed by atoms with E-state index < -0.39 is 0 Å². The number of benzene rings is 2. The molecule has 0 aliphatic heterocycles. The van der Waals surface area contributed by atoms with Gasteiger partial charge in [-0.25, -0.2) is 0 Å². The molecule has 0 spiro atoms. The summed E-state index contributed by atoms with van der Waals surface area (Å²) in [7, 11) is 1.74. The molecule has 0 saturated carbocycles. The lowest BCUT2D eigenvalue weighted by Crippen LogP contribution is -2.09. The van der Waals surface area contributed by atoms with E-state index in [1.54, 1.807) is 7.11 Å². The number of methoxy groups -OCH3 is 1. The van der Waals surface area contributed by atoms with Gasteiger partial charge in [0.1, 0.15) is 0 Å². The van der Waals surface area contributed by atoms with Gasteiger partial charge < -0.3 is 10.5 Å². The van der Waals surface area contributed by atoms with Gasteiger partial charge in [0.2, 0.25) is 0 Å². The SMILES string of the molecule is COCC(C)c1ccc2ccccc2c1CN. The summed E-state index contributed by atoms with van der Waals surface area (Å²) < 4.78 is 5.23. The molecular weight excluding hydrogens is 210 g/mol. The predicted octanol–water partition coefficient (Wildman–Crippen LogP) is 3.05. The number of nitrogens with two attached hydrogens (primary N) is 1. The van der Waals surface area contributed by atoms with Crippen LogP contribution in [0.4, 0.5) is 0 Å². The molecule has 2 aromatic rings. The van der Waals surface area contributed by atoms with E-state index in [1.165, 1.54) is 21.9 Å². The fraction of sp³-hybridized carbons (Fsp3) is 0.333. The highest BCUT2D eigenvalue weighted by molar-refractivity contribution is 5.86. The number of fused-ring (bicyclic) bond motifs is 1. The largest absolute Gasteiger partial charge is 0.384 e. The molecule has 2 N–H and O–H groups in total. The van der Waals surface area contributed by atoms with Crippen molar-refractivity contribution in [2.75, 3.05) is 13.7 Å². The summed E-state index contributed by atoms with van der Waals surface area (Å²) in [5, 5.41) is 2.51. The molecule has 0 amide bonds. The van der Waals surface area contributed by atoms with Crippen molar-refractivity contribution in [3.63, 3.8) is 0 Å². The number of rotatable bonds is 4. The van der Waals surface area contributed by atoms with Gasteiger partial charge in [0, 0.05) is 19.6 Å². The van der Waals surface area contributed by atoms with Crippen molar-refractivity contribution in [1.82, 2.24) is 0 Å². The van der Waals surface area contributed by atoms with Crippen molar-refractivity contribution in [1.29, 1.82) is 0 Å². The Hall–Kier alpha value is -1.38. The van der Waals surface area contributed by atoms with Crippen LogP contribution in [0.25, 0.3) is 10.8 Å². The van der Waals surface area contributed by atoms with Crippen LogP contribution in [-0.2, 0) is 11.3 Å². The van der Waals surface area contributed by atoms with Crippen LogP contribution in [0.5, 0.6) is 0 Å². The van der Waals surface area contributed by atoms with Gasteiger partial charge in [-0.1, -0.05) is 43.3 Å². The smallest absolute Gasteiger partial charge is 0.0528 e. The van der Waals surface area contributed by atoms with Crippen LogP contribution >= 0.6 is 0 Å². The molecule has 1 unspecified atom stereocenters. The van der Waals surface area contributed by atoms with Gasteiger partial charge in [0.05, 0.1) is 6.61 Å². The zero-order valence-corrected chi connectivity index (χ0v) is 10.4. The zero-order valence-electron chi connectivity index (χ0n) is 10.4. The average Bonchev–Trinajstić information content (AvgIpc) is 2.37. The molecular formula is C15H19NO. The Morgan fingerprint density at radius 1 is 1.18 bits per heavy atom. The highest BCUT2D eigenvalue weighted by atomic mass is 16.5. The van der Waals surface area contributed by atoms with Crippen LogP contribution in [0.15, 0.2) is 36.4 Å². The van der Waals surface area contributed by atoms with Gasteiger partial charge in [-0.2, -0.15) is 0 Å². The summed E-state index contributed by atoms with van der Waals surface area (Å²) in [6.45, 7) is 3.48. The first-order chi connectivity index (χ1) is 8.27. The molecule has 0 fully saturated rings. The molecule has 1 atom stereocenters. The molecule has 0 radical (unpaired) electrons. The van der Waals surface area contributed by atoms with E-state index in [-0.39, 0.29) is 0 Å². The molecule has 2 heteroatoms. The second-order valence-electron chi connectivity index (χ2n) is 4.41. The van der Waals surface area contributed by atoms with Crippen molar-refractivity contribution in [2.45, 2.75) is 19.4 Å². The molecule has 2 nitrogen and oxygen atoms in total. The van der Waals surface area contributed by atoms with Gasteiger partial charge in [-0.15, -0.1) is 0 Å². The van der Waals surface area contributed by atoms with Gasteiger partial charge in [-0.05, 0) is 21.9 Å². The first kappa shape index (κ1) is 12.1. The lowest BCUT2D eigenvalue weighted by molar-refractivity contribution is 0.184. The molecule has 2 rings (SSSR count). The third kappa shape index (κ3) is 2.33. The lowest BCUT2D eigenvalue weighted by Gasteiger charge is -2.17. The van der Waals surface area contributed by atoms with E-state index in [1.807, 2.05) is 0 Å². The normalized spacial score (nSPS) is 12.9. The number of hydrogen-bond acceptors (Lipinski definition) is 2. The molecule has 0 aromatic heterocycles. The van der Waals surface area contributed by atoms with E-state index in [9.17, 15) is 0 Å². The average molecular weight is 229 g/mol. The molecule has 17 heavy (non-hydrogen) atoms. The minimum atomic E-state index is 0.378. The second-order valence-corrected chi connectivity index (χ2v) is 4.41.